The van der Waals surface area contributed by atoms with Crippen LogP contribution in [0.15, 0.2) is 0 Å². The van der Waals surface area contributed by atoms with Gasteiger partial charge in [-0.1, -0.05) is 27.2 Å². The van der Waals surface area contributed by atoms with Crippen LogP contribution in [-0.4, -0.2) is 72.2 Å². The molecule has 12 nitrogen and oxygen atoms in total. The van der Waals surface area contributed by atoms with Gasteiger partial charge in [0.2, 0.25) is 29.5 Å². The van der Waals surface area contributed by atoms with Gasteiger partial charge in [-0.3, -0.25) is 28.9 Å². The number of primary amides is 1. The van der Waals surface area contributed by atoms with Gasteiger partial charge in [-0.05, 0) is 44.9 Å². The van der Waals surface area contributed by atoms with Crippen molar-refractivity contribution in [1.29, 1.82) is 0 Å². The lowest BCUT2D eigenvalue weighted by Gasteiger charge is -2.25. The Kier molecular flexibility index (Phi) is 14.2. The number of likely N-dealkylation sites (N-methyl/N-ethyl adjacent to an activating group) is 1. The fraction of sp³-hybridized carbons (Fsp3) is 0.760. The van der Waals surface area contributed by atoms with Gasteiger partial charge in [0.15, 0.2) is 0 Å². The molecule has 210 valence electrons. The first-order valence-electron chi connectivity index (χ1n) is 13.3. The summed E-state index contributed by atoms with van der Waals surface area (Å²) in [5.41, 5.74) is 5.05. The number of nitrogens with two attached hydrogens (primary N) is 1. The van der Waals surface area contributed by atoms with Gasteiger partial charge in [-0.25, -0.2) is 4.79 Å². The van der Waals surface area contributed by atoms with E-state index in [1.54, 1.807) is 20.8 Å². The zero-order chi connectivity index (χ0) is 28.0. The maximum Gasteiger partial charge on any atom is 0.312 e. The highest BCUT2D eigenvalue weighted by molar-refractivity contribution is 6.03. The summed E-state index contributed by atoms with van der Waals surface area (Å²) >= 11 is 0. The highest BCUT2D eigenvalue weighted by atomic mass is 16.2. The van der Waals surface area contributed by atoms with Crippen molar-refractivity contribution < 1.29 is 28.8 Å². The first-order chi connectivity index (χ1) is 17.5. The highest BCUT2D eigenvalue weighted by Crippen LogP contribution is 2.22. The predicted molar refractivity (Wildman–Crippen MR) is 138 cm³/mol. The van der Waals surface area contributed by atoms with Gasteiger partial charge in [0.25, 0.3) is 0 Å². The van der Waals surface area contributed by atoms with Gasteiger partial charge in [0.1, 0.15) is 12.1 Å². The van der Waals surface area contributed by atoms with Crippen LogP contribution in [0.4, 0.5) is 4.79 Å². The van der Waals surface area contributed by atoms with Crippen LogP contribution < -0.4 is 27.0 Å². The zero-order valence-electron chi connectivity index (χ0n) is 22.6. The Balaban J connectivity index is 2.52. The van der Waals surface area contributed by atoms with Crippen molar-refractivity contribution >= 4 is 35.6 Å². The first-order valence-corrected chi connectivity index (χ1v) is 13.3. The molecule has 1 unspecified atom stereocenters. The van der Waals surface area contributed by atoms with Crippen molar-refractivity contribution in [2.45, 2.75) is 91.1 Å². The summed E-state index contributed by atoms with van der Waals surface area (Å²) in [5.74, 6) is -1.75. The minimum atomic E-state index is -0.820. The van der Waals surface area contributed by atoms with Crippen LogP contribution in [0.2, 0.25) is 0 Å². The molecule has 0 radical (unpaired) electrons. The second kappa shape index (κ2) is 16.5. The van der Waals surface area contributed by atoms with E-state index < -0.39 is 24.0 Å². The average Bonchev–Trinajstić information content (AvgIpc) is 3.11. The number of nitrogens with zero attached hydrogens (tertiary/aromatic N) is 1. The van der Waals surface area contributed by atoms with Crippen LogP contribution >= 0.6 is 0 Å². The maximum atomic E-state index is 13.0. The molecule has 6 N–H and O–H groups in total. The third kappa shape index (κ3) is 11.2. The number of unbranched alkanes of at least 4 members (excludes halogenated alkanes) is 2. The molecule has 1 aliphatic heterocycles. The highest BCUT2D eigenvalue weighted by Gasteiger charge is 2.36. The molecule has 0 bridgehead atoms. The number of amides is 7. The Labute approximate surface area is 219 Å². The number of carbonyl (C=O) groups is 6. The summed E-state index contributed by atoms with van der Waals surface area (Å²) in [4.78, 5) is 74.2. The fourth-order valence-corrected chi connectivity index (χ4v) is 4.16. The number of imide groups is 1. The van der Waals surface area contributed by atoms with Gasteiger partial charge >= 0.3 is 6.03 Å². The molecule has 1 heterocycles. The Morgan fingerprint density at radius 1 is 0.973 bits per heavy atom. The van der Waals surface area contributed by atoms with E-state index in [4.69, 9.17) is 5.73 Å². The van der Waals surface area contributed by atoms with Crippen LogP contribution in [0.25, 0.3) is 0 Å². The summed E-state index contributed by atoms with van der Waals surface area (Å²) in [6.45, 7) is 8.30. The van der Waals surface area contributed by atoms with E-state index in [2.05, 4.69) is 21.3 Å². The molecule has 0 saturated carbocycles. The number of carbonyl (C=O) groups excluding carboxylic acids is 6. The van der Waals surface area contributed by atoms with Crippen molar-refractivity contribution in [2.75, 3.05) is 19.6 Å². The lowest BCUT2D eigenvalue weighted by Crippen LogP contribution is -2.55. The van der Waals surface area contributed by atoms with Gasteiger partial charge in [-0.15, -0.1) is 0 Å². The van der Waals surface area contributed by atoms with Gasteiger partial charge < -0.3 is 27.0 Å². The quantitative estimate of drug-likeness (QED) is 0.137. The standard InChI is InChI=1S/C25H44N6O6/c1-5-17-15-20(33)31(24(17)36)14-9-7-8-12-19(32)30-21(16(3)4)23(35)29-18(22(34)27-6-2)11-10-13-28-25(26)37/h16-18,21H,5-15H2,1-4H3,(H,27,34)(H,29,35)(H,30,32)(H3,26,28,37)/t17?,18-,21-/m0/s1. The van der Waals surface area contributed by atoms with E-state index >= 15 is 0 Å². The third-order valence-corrected chi connectivity index (χ3v) is 6.33. The fourth-order valence-electron chi connectivity index (χ4n) is 4.16. The number of rotatable bonds is 17. The molecule has 7 amide bonds. The molecule has 37 heavy (non-hydrogen) atoms. The van der Waals surface area contributed by atoms with E-state index in [-0.39, 0.29) is 61.3 Å². The van der Waals surface area contributed by atoms with E-state index in [1.165, 1.54) is 4.90 Å². The van der Waals surface area contributed by atoms with Crippen molar-refractivity contribution in [3.8, 4) is 0 Å². The number of likely N-dealkylation sites (tertiary alicyclic amines) is 1. The summed E-state index contributed by atoms with van der Waals surface area (Å²) in [5, 5.41) is 10.6. The van der Waals surface area contributed by atoms with Gasteiger partial charge in [0.05, 0.1) is 0 Å². The zero-order valence-corrected chi connectivity index (χ0v) is 22.6. The molecule has 0 aliphatic carbocycles. The predicted octanol–water partition coefficient (Wildman–Crippen LogP) is 0.542. The molecular formula is C25H44N6O6. The van der Waals surface area contributed by atoms with Crippen LogP contribution in [0.5, 0.6) is 0 Å². The Morgan fingerprint density at radius 2 is 1.68 bits per heavy atom. The normalized spacial score (nSPS) is 16.9. The Hall–Kier alpha value is -3.18. The van der Waals surface area contributed by atoms with E-state index in [9.17, 15) is 28.8 Å². The molecule has 0 aromatic carbocycles. The molecule has 1 aliphatic rings. The smallest absolute Gasteiger partial charge is 0.312 e. The van der Waals surface area contributed by atoms with Gasteiger partial charge in [-0.2, -0.15) is 0 Å². The van der Waals surface area contributed by atoms with Crippen LogP contribution in [-0.2, 0) is 24.0 Å². The van der Waals surface area contributed by atoms with Crippen molar-refractivity contribution in [3.05, 3.63) is 0 Å². The topological polar surface area (TPSA) is 180 Å². The number of urea groups is 1. The molecule has 0 spiro atoms. The number of nitrogens with one attached hydrogen (secondary N) is 4. The minimum Gasteiger partial charge on any atom is -0.355 e. The lowest BCUT2D eigenvalue weighted by atomic mass is 10.0. The molecule has 1 fully saturated rings. The lowest BCUT2D eigenvalue weighted by molar-refractivity contribution is -0.139. The van der Waals surface area contributed by atoms with Crippen molar-refractivity contribution in [2.24, 2.45) is 17.6 Å². The number of hydrogen-bond acceptors (Lipinski definition) is 6. The van der Waals surface area contributed by atoms with Crippen LogP contribution in [0.3, 0.4) is 0 Å². The minimum absolute atomic E-state index is 0.105. The van der Waals surface area contributed by atoms with E-state index in [0.29, 0.717) is 45.2 Å². The molecule has 0 aromatic rings. The van der Waals surface area contributed by atoms with Gasteiger partial charge in [0, 0.05) is 38.4 Å². The van der Waals surface area contributed by atoms with Crippen molar-refractivity contribution in [3.63, 3.8) is 0 Å². The van der Waals surface area contributed by atoms with E-state index in [1.807, 2.05) is 6.92 Å². The summed E-state index contributed by atoms with van der Waals surface area (Å²) in [6.07, 6.45) is 3.69. The molecular weight excluding hydrogens is 480 g/mol. The summed E-state index contributed by atoms with van der Waals surface area (Å²) < 4.78 is 0. The van der Waals surface area contributed by atoms with Crippen molar-refractivity contribution in [1.82, 2.24) is 26.2 Å². The van der Waals surface area contributed by atoms with E-state index in [0.717, 1.165) is 0 Å². The van der Waals surface area contributed by atoms with Crippen LogP contribution in [0.1, 0.15) is 79.1 Å². The summed E-state index contributed by atoms with van der Waals surface area (Å²) in [6, 6.07) is -2.30. The second-order valence-corrected chi connectivity index (χ2v) is 9.68. The Morgan fingerprint density at radius 3 is 2.24 bits per heavy atom. The monoisotopic (exact) mass is 524 g/mol. The molecule has 3 atom stereocenters. The second-order valence-electron chi connectivity index (χ2n) is 9.68. The summed E-state index contributed by atoms with van der Waals surface area (Å²) in [7, 11) is 0. The van der Waals surface area contributed by atoms with Crippen LogP contribution in [0, 0.1) is 11.8 Å². The molecule has 1 rings (SSSR count). The first kappa shape index (κ1) is 31.8. The molecule has 12 heteroatoms. The molecule has 1 saturated heterocycles. The average molecular weight is 525 g/mol. The maximum absolute atomic E-state index is 13.0. The third-order valence-electron chi connectivity index (χ3n) is 6.33. The number of hydrogen-bond donors (Lipinski definition) is 5. The Bertz CT molecular complexity index is 817. The molecule has 0 aromatic heterocycles. The largest absolute Gasteiger partial charge is 0.355 e. The SMILES string of the molecule is CCNC(=O)[C@H](CCCNC(N)=O)NC(=O)[C@@H](NC(=O)CCCCCN1C(=O)CC(CC)C1=O)C(C)C.